The van der Waals surface area contributed by atoms with Crippen molar-refractivity contribution in [2.75, 3.05) is 13.1 Å². The van der Waals surface area contributed by atoms with Gasteiger partial charge in [0.1, 0.15) is 5.84 Å². The Labute approximate surface area is 92.4 Å². The van der Waals surface area contributed by atoms with Crippen LogP contribution < -0.4 is 5.32 Å². The van der Waals surface area contributed by atoms with E-state index in [9.17, 15) is 4.79 Å². The average molecular weight is 222 g/mol. The lowest BCUT2D eigenvalue weighted by Crippen LogP contribution is -2.24. The van der Waals surface area contributed by atoms with E-state index in [0.29, 0.717) is 34.8 Å². The van der Waals surface area contributed by atoms with Gasteiger partial charge in [0.05, 0.1) is 12.1 Å². The molecule has 0 saturated carbocycles. The van der Waals surface area contributed by atoms with Gasteiger partial charge >= 0.3 is 5.97 Å². The second-order valence-corrected chi connectivity index (χ2v) is 3.86. The maximum absolute atomic E-state index is 11.0. The number of carboxylic acids is 1. The van der Waals surface area contributed by atoms with Crippen LogP contribution in [0.4, 0.5) is 0 Å². The van der Waals surface area contributed by atoms with E-state index in [-0.39, 0.29) is 0 Å². The third-order valence-electron chi connectivity index (χ3n) is 2.30. The third-order valence-corrected chi connectivity index (χ3v) is 2.58. The van der Waals surface area contributed by atoms with E-state index in [1.165, 1.54) is 0 Å². The normalized spacial score (nSPS) is 20.3. The smallest absolute Gasteiger partial charge is 0.332 e. The number of allylic oxidation sites excluding steroid dienone is 1. The molecule has 78 valence electrons. The Hall–Kier alpha value is -1.49. The Kier molecular flexibility index (Phi) is 2.64. The van der Waals surface area contributed by atoms with Gasteiger partial charge in [0.25, 0.3) is 0 Å². The minimum Gasteiger partial charge on any atom is -0.478 e. The number of aliphatic carboxylic acids is 1. The van der Waals surface area contributed by atoms with Gasteiger partial charge in [-0.2, -0.15) is 0 Å². The first-order valence-corrected chi connectivity index (χ1v) is 5.05. The highest BCUT2D eigenvalue weighted by Crippen LogP contribution is 2.19. The molecule has 0 amide bonds. The van der Waals surface area contributed by atoms with Crippen molar-refractivity contribution in [1.29, 1.82) is 0 Å². The van der Waals surface area contributed by atoms with Crippen LogP contribution in [0.5, 0.6) is 0 Å². The molecule has 0 aromatic heterocycles. The van der Waals surface area contributed by atoms with E-state index in [0.717, 1.165) is 6.54 Å². The fourth-order valence-electron chi connectivity index (χ4n) is 1.60. The lowest BCUT2D eigenvalue weighted by Gasteiger charge is -2.13. The van der Waals surface area contributed by atoms with Crippen LogP contribution in [0, 0.1) is 0 Å². The second-order valence-electron chi connectivity index (χ2n) is 3.33. The summed E-state index contributed by atoms with van der Waals surface area (Å²) in [5.74, 6) is -0.251. The summed E-state index contributed by atoms with van der Waals surface area (Å²) in [6.07, 6.45) is 3.81. The van der Waals surface area contributed by atoms with E-state index >= 15 is 0 Å². The predicted molar refractivity (Wildman–Crippen MR) is 61.3 cm³/mol. The second kappa shape index (κ2) is 3.94. The zero-order valence-electron chi connectivity index (χ0n) is 7.99. The van der Waals surface area contributed by atoms with Crippen LogP contribution in [0.3, 0.4) is 0 Å². The molecular formula is C10H10N2O2S. The van der Waals surface area contributed by atoms with Crippen LogP contribution in [0.15, 0.2) is 28.3 Å². The number of aliphatic imine (C=N–C) groups is 1. The molecule has 0 aromatic carbocycles. The number of carboxylic acid groups (broad SMARTS) is 1. The minimum absolute atomic E-state index is 0.317. The number of thiocarbonyl (C=S) groups is 1. The van der Waals surface area contributed by atoms with Crippen molar-refractivity contribution in [3.05, 3.63) is 23.3 Å². The maximum atomic E-state index is 11.0. The lowest BCUT2D eigenvalue weighted by molar-refractivity contribution is -0.132. The topological polar surface area (TPSA) is 61.7 Å². The van der Waals surface area contributed by atoms with Crippen molar-refractivity contribution in [2.45, 2.75) is 6.42 Å². The molecular weight excluding hydrogens is 212 g/mol. The predicted octanol–water partition coefficient (Wildman–Crippen LogP) is 0.699. The Morgan fingerprint density at radius 2 is 2.33 bits per heavy atom. The van der Waals surface area contributed by atoms with Crippen molar-refractivity contribution < 1.29 is 9.90 Å². The quantitative estimate of drug-likeness (QED) is 0.675. The van der Waals surface area contributed by atoms with Crippen LogP contribution in [0.2, 0.25) is 0 Å². The van der Waals surface area contributed by atoms with E-state index in [4.69, 9.17) is 17.3 Å². The molecule has 2 aliphatic rings. The highest BCUT2D eigenvalue weighted by molar-refractivity contribution is 7.80. The number of carbonyl (C=O) groups is 1. The van der Waals surface area contributed by atoms with Crippen LogP contribution >= 0.6 is 12.2 Å². The molecule has 0 spiro atoms. The molecule has 5 heteroatoms. The molecule has 1 aliphatic carbocycles. The van der Waals surface area contributed by atoms with Crippen molar-refractivity contribution in [3.63, 3.8) is 0 Å². The Morgan fingerprint density at radius 1 is 1.53 bits per heavy atom. The molecule has 0 aromatic rings. The molecule has 0 fully saturated rings. The standard InChI is InChI=1S/C10H10N2O2S/c13-10(14)8-5-6(15)1-2-7(8)9-11-3-4-12-9/h1-2H,3-5H2,(H,11,12)(H,13,14). The molecule has 0 atom stereocenters. The van der Waals surface area contributed by atoms with Gasteiger partial charge in [0, 0.05) is 23.4 Å². The minimum atomic E-state index is -0.923. The molecule has 0 saturated heterocycles. The van der Waals surface area contributed by atoms with Gasteiger partial charge in [-0.05, 0) is 12.2 Å². The van der Waals surface area contributed by atoms with Gasteiger partial charge in [-0.3, -0.25) is 4.99 Å². The van der Waals surface area contributed by atoms with E-state index in [2.05, 4.69) is 10.3 Å². The van der Waals surface area contributed by atoms with Crippen molar-refractivity contribution in [2.24, 2.45) is 4.99 Å². The fraction of sp³-hybridized carbons (Fsp3) is 0.300. The van der Waals surface area contributed by atoms with Gasteiger partial charge in [-0.1, -0.05) is 12.2 Å². The average Bonchev–Trinajstić information content (AvgIpc) is 2.70. The first kappa shape index (κ1) is 10.0. The first-order chi connectivity index (χ1) is 7.18. The third kappa shape index (κ3) is 1.97. The summed E-state index contributed by atoms with van der Waals surface area (Å²) < 4.78 is 0. The number of nitrogens with one attached hydrogen (secondary N) is 1. The number of hydrogen-bond donors (Lipinski definition) is 2. The molecule has 1 aliphatic heterocycles. The summed E-state index contributed by atoms with van der Waals surface area (Å²) in [5, 5.41) is 12.1. The van der Waals surface area contributed by atoms with Crippen LogP contribution in [0.25, 0.3) is 0 Å². The molecule has 2 N–H and O–H groups in total. The molecule has 0 unspecified atom stereocenters. The van der Waals surface area contributed by atoms with Crippen molar-refractivity contribution in [1.82, 2.24) is 5.32 Å². The van der Waals surface area contributed by atoms with Crippen molar-refractivity contribution >= 4 is 28.9 Å². The largest absolute Gasteiger partial charge is 0.478 e. The first-order valence-electron chi connectivity index (χ1n) is 4.64. The Bertz CT molecular complexity index is 421. The summed E-state index contributed by atoms with van der Waals surface area (Å²) in [6.45, 7) is 1.47. The summed E-state index contributed by atoms with van der Waals surface area (Å²) in [4.78, 5) is 15.9. The highest BCUT2D eigenvalue weighted by atomic mass is 32.1. The number of nitrogens with zero attached hydrogens (tertiary/aromatic N) is 1. The summed E-state index contributed by atoms with van der Waals surface area (Å²) in [5.41, 5.74) is 0.990. The molecule has 0 bridgehead atoms. The summed E-state index contributed by atoms with van der Waals surface area (Å²) in [7, 11) is 0. The van der Waals surface area contributed by atoms with Crippen LogP contribution in [0.1, 0.15) is 6.42 Å². The molecule has 4 nitrogen and oxygen atoms in total. The molecule has 2 rings (SSSR count). The maximum Gasteiger partial charge on any atom is 0.332 e. The number of rotatable bonds is 2. The SMILES string of the molecule is O=C(O)C1=C(C2=NCCN2)C=CC(=S)C1. The van der Waals surface area contributed by atoms with E-state index in [1.807, 2.05) is 0 Å². The van der Waals surface area contributed by atoms with Gasteiger partial charge in [-0.15, -0.1) is 0 Å². The summed E-state index contributed by atoms with van der Waals surface area (Å²) >= 11 is 4.99. The van der Waals surface area contributed by atoms with Gasteiger partial charge < -0.3 is 10.4 Å². The van der Waals surface area contributed by atoms with Crippen LogP contribution in [-0.2, 0) is 4.79 Å². The molecule has 0 radical (unpaired) electrons. The van der Waals surface area contributed by atoms with E-state index < -0.39 is 5.97 Å². The fourth-order valence-corrected chi connectivity index (χ4v) is 1.81. The monoisotopic (exact) mass is 222 g/mol. The zero-order chi connectivity index (χ0) is 10.8. The van der Waals surface area contributed by atoms with Gasteiger partial charge in [0.15, 0.2) is 0 Å². The lowest BCUT2D eigenvalue weighted by atomic mass is 9.96. The van der Waals surface area contributed by atoms with Gasteiger partial charge in [-0.25, -0.2) is 4.79 Å². The van der Waals surface area contributed by atoms with E-state index in [1.54, 1.807) is 12.2 Å². The van der Waals surface area contributed by atoms with Crippen LogP contribution in [-0.4, -0.2) is 34.9 Å². The van der Waals surface area contributed by atoms with Crippen molar-refractivity contribution in [3.8, 4) is 0 Å². The van der Waals surface area contributed by atoms with Gasteiger partial charge in [0.2, 0.25) is 0 Å². The highest BCUT2D eigenvalue weighted by Gasteiger charge is 2.22. The summed E-state index contributed by atoms with van der Waals surface area (Å²) in [6, 6.07) is 0. The Morgan fingerprint density at radius 3 is 2.93 bits per heavy atom. The number of hydrogen-bond acceptors (Lipinski definition) is 4. The molecule has 15 heavy (non-hydrogen) atoms. The Balaban J connectivity index is 2.40. The number of amidine groups is 1. The zero-order valence-corrected chi connectivity index (χ0v) is 8.80. The molecule has 1 heterocycles.